The van der Waals surface area contributed by atoms with Crippen molar-refractivity contribution in [1.82, 2.24) is 0 Å². The average Bonchev–Trinajstić information content (AvgIpc) is 2.59. The fourth-order valence-corrected chi connectivity index (χ4v) is 2.61. The Morgan fingerprint density at radius 3 is 2.25 bits per heavy atom. The van der Waals surface area contributed by atoms with Crippen molar-refractivity contribution >= 4 is 12.2 Å². The zero-order valence-electron chi connectivity index (χ0n) is 15.1. The summed E-state index contributed by atoms with van der Waals surface area (Å²) in [5.41, 5.74) is 6.79. The van der Waals surface area contributed by atoms with Crippen LogP contribution in [0.3, 0.4) is 0 Å². The molecule has 0 unspecified atom stereocenters. The Morgan fingerprint density at radius 1 is 0.792 bits per heavy atom. The SMILES string of the molecule is CC(C)=CCCC(C)=CCc1ccccc1C=Cc1ccccc1. The van der Waals surface area contributed by atoms with E-state index in [-0.39, 0.29) is 0 Å². The highest BCUT2D eigenvalue weighted by Gasteiger charge is 1.98. The molecule has 0 N–H and O–H groups in total. The fraction of sp³-hybridized carbons (Fsp3) is 0.250. The van der Waals surface area contributed by atoms with E-state index in [0.29, 0.717) is 0 Å². The summed E-state index contributed by atoms with van der Waals surface area (Å²) >= 11 is 0. The number of benzene rings is 2. The highest BCUT2D eigenvalue weighted by Crippen LogP contribution is 2.16. The minimum atomic E-state index is 0.996. The molecule has 24 heavy (non-hydrogen) atoms. The lowest BCUT2D eigenvalue weighted by molar-refractivity contribution is 0.955. The van der Waals surface area contributed by atoms with Gasteiger partial charge in [0.25, 0.3) is 0 Å². The van der Waals surface area contributed by atoms with Gasteiger partial charge in [-0.05, 0) is 56.7 Å². The van der Waals surface area contributed by atoms with E-state index in [1.807, 2.05) is 6.07 Å². The molecule has 0 bridgehead atoms. The van der Waals surface area contributed by atoms with E-state index in [2.05, 4.69) is 93.6 Å². The summed E-state index contributed by atoms with van der Waals surface area (Å²) in [6, 6.07) is 19.1. The van der Waals surface area contributed by atoms with Gasteiger partial charge >= 0.3 is 0 Å². The summed E-state index contributed by atoms with van der Waals surface area (Å²) in [5, 5.41) is 0. The smallest absolute Gasteiger partial charge is 0.00889 e. The van der Waals surface area contributed by atoms with E-state index in [0.717, 1.165) is 19.3 Å². The van der Waals surface area contributed by atoms with E-state index in [1.54, 1.807) is 0 Å². The Labute approximate surface area is 147 Å². The van der Waals surface area contributed by atoms with Crippen molar-refractivity contribution in [3.05, 3.63) is 94.6 Å². The van der Waals surface area contributed by atoms with Crippen molar-refractivity contribution in [3.63, 3.8) is 0 Å². The maximum atomic E-state index is 2.37. The van der Waals surface area contributed by atoms with Gasteiger partial charge in [-0.25, -0.2) is 0 Å². The molecule has 0 aliphatic heterocycles. The minimum absolute atomic E-state index is 0.996. The summed E-state index contributed by atoms with van der Waals surface area (Å²) in [6.45, 7) is 6.56. The molecule has 2 aromatic carbocycles. The molecule has 0 saturated heterocycles. The van der Waals surface area contributed by atoms with Gasteiger partial charge in [0.2, 0.25) is 0 Å². The van der Waals surface area contributed by atoms with Gasteiger partial charge in [0, 0.05) is 0 Å². The predicted molar refractivity (Wildman–Crippen MR) is 108 cm³/mol. The van der Waals surface area contributed by atoms with Crippen LogP contribution in [0.4, 0.5) is 0 Å². The van der Waals surface area contributed by atoms with E-state index in [4.69, 9.17) is 0 Å². The largest absolute Gasteiger partial charge is 0.0856 e. The molecule has 0 amide bonds. The maximum Gasteiger partial charge on any atom is -0.00889 e. The van der Waals surface area contributed by atoms with Gasteiger partial charge in [-0.1, -0.05) is 90.0 Å². The summed E-state index contributed by atoms with van der Waals surface area (Å²) in [4.78, 5) is 0. The van der Waals surface area contributed by atoms with Gasteiger partial charge < -0.3 is 0 Å². The zero-order chi connectivity index (χ0) is 17.2. The fourth-order valence-electron chi connectivity index (χ4n) is 2.61. The van der Waals surface area contributed by atoms with Gasteiger partial charge in [-0.15, -0.1) is 0 Å². The second-order valence-electron chi connectivity index (χ2n) is 6.52. The molecule has 2 rings (SSSR count). The molecular formula is C24H28. The quantitative estimate of drug-likeness (QED) is 0.378. The molecule has 0 saturated carbocycles. The number of allylic oxidation sites excluding steroid dienone is 4. The van der Waals surface area contributed by atoms with Crippen LogP contribution in [0, 0.1) is 0 Å². The first-order chi connectivity index (χ1) is 11.6. The first kappa shape index (κ1) is 18.0. The van der Waals surface area contributed by atoms with Crippen molar-refractivity contribution < 1.29 is 0 Å². The summed E-state index contributed by atoms with van der Waals surface area (Å²) in [5.74, 6) is 0. The van der Waals surface area contributed by atoms with Crippen molar-refractivity contribution in [1.29, 1.82) is 0 Å². The molecule has 124 valence electrons. The molecule has 0 fully saturated rings. The van der Waals surface area contributed by atoms with Crippen LogP contribution >= 0.6 is 0 Å². The van der Waals surface area contributed by atoms with Crippen molar-refractivity contribution in [2.75, 3.05) is 0 Å². The summed E-state index contributed by atoms with van der Waals surface area (Å²) in [6.07, 6.45) is 12.4. The van der Waals surface area contributed by atoms with Gasteiger partial charge in [0.15, 0.2) is 0 Å². The third-order valence-electron chi connectivity index (χ3n) is 4.07. The predicted octanol–water partition coefficient (Wildman–Crippen LogP) is 7.09. The van der Waals surface area contributed by atoms with E-state index < -0.39 is 0 Å². The molecular weight excluding hydrogens is 288 g/mol. The molecule has 0 aromatic heterocycles. The summed E-state index contributed by atoms with van der Waals surface area (Å²) in [7, 11) is 0. The van der Waals surface area contributed by atoms with Crippen LogP contribution in [0.5, 0.6) is 0 Å². The Kier molecular flexibility index (Phi) is 7.29. The van der Waals surface area contributed by atoms with Crippen LogP contribution in [-0.2, 0) is 6.42 Å². The van der Waals surface area contributed by atoms with Gasteiger partial charge in [0.05, 0.1) is 0 Å². The minimum Gasteiger partial charge on any atom is -0.0856 e. The topological polar surface area (TPSA) is 0 Å². The van der Waals surface area contributed by atoms with Gasteiger partial charge in [-0.3, -0.25) is 0 Å². The second kappa shape index (κ2) is 9.72. The van der Waals surface area contributed by atoms with Crippen molar-refractivity contribution in [2.24, 2.45) is 0 Å². The maximum absolute atomic E-state index is 2.37. The highest BCUT2D eigenvalue weighted by molar-refractivity contribution is 5.71. The molecule has 2 aromatic rings. The van der Waals surface area contributed by atoms with E-state index in [9.17, 15) is 0 Å². The Morgan fingerprint density at radius 2 is 1.50 bits per heavy atom. The third-order valence-corrected chi connectivity index (χ3v) is 4.07. The molecule has 0 radical (unpaired) electrons. The molecule has 0 heterocycles. The van der Waals surface area contributed by atoms with Gasteiger partial charge in [0.1, 0.15) is 0 Å². The zero-order valence-corrected chi connectivity index (χ0v) is 15.1. The molecule has 0 spiro atoms. The lowest BCUT2D eigenvalue weighted by atomic mass is 10.0. The van der Waals surface area contributed by atoms with Crippen LogP contribution in [-0.4, -0.2) is 0 Å². The molecule has 0 heteroatoms. The number of rotatable bonds is 7. The summed E-state index contributed by atoms with van der Waals surface area (Å²) < 4.78 is 0. The number of hydrogen-bond donors (Lipinski definition) is 0. The average molecular weight is 316 g/mol. The molecule has 0 aliphatic rings. The second-order valence-corrected chi connectivity index (χ2v) is 6.52. The van der Waals surface area contributed by atoms with Crippen molar-refractivity contribution in [2.45, 2.75) is 40.0 Å². The Bertz CT molecular complexity index is 711. The first-order valence-electron chi connectivity index (χ1n) is 8.75. The van der Waals surface area contributed by atoms with Crippen LogP contribution in [0.25, 0.3) is 12.2 Å². The van der Waals surface area contributed by atoms with E-state index >= 15 is 0 Å². The highest BCUT2D eigenvalue weighted by atomic mass is 14.0. The monoisotopic (exact) mass is 316 g/mol. The van der Waals surface area contributed by atoms with Crippen LogP contribution < -0.4 is 0 Å². The van der Waals surface area contributed by atoms with Gasteiger partial charge in [-0.2, -0.15) is 0 Å². The van der Waals surface area contributed by atoms with Crippen LogP contribution in [0.15, 0.2) is 77.9 Å². The van der Waals surface area contributed by atoms with Crippen LogP contribution in [0.2, 0.25) is 0 Å². The Balaban J connectivity index is 2.03. The standard InChI is InChI=1S/C24H28/c1-20(2)10-9-11-21(3)16-18-23-14-7-8-15-24(23)19-17-22-12-5-4-6-13-22/h4-8,10,12-17,19H,9,11,18H2,1-3H3. The molecule has 0 nitrogen and oxygen atoms in total. The van der Waals surface area contributed by atoms with Crippen LogP contribution in [0.1, 0.15) is 50.3 Å². The number of hydrogen-bond acceptors (Lipinski definition) is 0. The molecule has 0 atom stereocenters. The lowest BCUT2D eigenvalue weighted by Gasteiger charge is -2.05. The van der Waals surface area contributed by atoms with E-state index in [1.165, 1.54) is 27.8 Å². The molecule has 0 aliphatic carbocycles. The first-order valence-corrected chi connectivity index (χ1v) is 8.75. The Hall–Kier alpha value is -2.34. The third kappa shape index (κ3) is 6.42. The normalized spacial score (nSPS) is 11.7. The van der Waals surface area contributed by atoms with Crippen molar-refractivity contribution in [3.8, 4) is 0 Å². The lowest BCUT2D eigenvalue weighted by Crippen LogP contribution is -1.88.